The maximum Gasteiger partial charge on any atom is 0.158 e. The lowest BCUT2D eigenvalue weighted by Gasteiger charge is -2.11. The molecule has 7 heteroatoms. The number of aliphatic hydroxyl groups excluding tert-OH is 1. The van der Waals surface area contributed by atoms with Crippen LogP contribution in [-0.2, 0) is 16.1 Å². The SMILES string of the molecule is CCOCc1nc(N)cc(NCCC(O)COC)n1. The molecule has 0 saturated carbocycles. The lowest BCUT2D eigenvalue weighted by molar-refractivity contribution is 0.0615. The number of rotatable bonds is 9. The Morgan fingerprint density at radius 3 is 2.95 bits per heavy atom. The van der Waals surface area contributed by atoms with Crippen LogP contribution < -0.4 is 11.1 Å². The third-order valence-corrected chi connectivity index (χ3v) is 2.37. The Labute approximate surface area is 113 Å². The van der Waals surface area contributed by atoms with Crippen molar-refractivity contribution in [2.45, 2.75) is 26.1 Å². The second-order valence-corrected chi connectivity index (χ2v) is 4.06. The van der Waals surface area contributed by atoms with E-state index in [-0.39, 0.29) is 0 Å². The van der Waals surface area contributed by atoms with Gasteiger partial charge in [0.25, 0.3) is 0 Å². The van der Waals surface area contributed by atoms with Crippen molar-refractivity contribution in [3.63, 3.8) is 0 Å². The number of nitrogens with two attached hydrogens (primary N) is 1. The zero-order valence-corrected chi connectivity index (χ0v) is 11.4. The first-order chi connectivity index (χ1) is 9.15. The Hall–Kier alpha value is -1.44. The fraction of sp³-hybridized carbons (Fsp3) is 0.667. The highest BCUT2D eigenvalue weighted by Gasteiger charge is 2.05. The van der Waals surface area contributed by atoms with Gasteiger partial charge in [-0.3, -0.25) is 0 Å². The summed E-state index contributed by atoms with van der Waals surface area (Å²) in [7, 11) is 1.56. The number of nitrogens with zero attached hydrogens (tertiary/aromatic N) is 2. The number of ether oxygens (including phenoxy) is 2. The third kappa shape index (κ3) is 6.32. The van der Waals surface area contributed by atoms with E-state index in [2.05, 4.69) is 15.3 Å². The molecule has 1 unspecified atom stereocenters. The van der Waals surface area contributed by atoms with E-state index in [4.69, 9.17) is 15.2 Å². The summed E-state index contributed by atoms with van der Waals surface area (Å²) in [5.41, 5.74) is 5.69. The van der Waals surface area contributed by atoms with E-state index in [1.807, 2.05) is 6.92 Å². The standard InChI is InChI=1S/C12H22N4O3/c1-3-19-8-12-15-10(13)6-11(16-12)14-5-4-9(17)7-18-2/h6,9,17H,3-5,7-8H2,1-2H3,(H3,13,14,15,16). The molecule has 0 bridgehead atoms. The van der Waals surface area contributed by atoms with Crippen molar-refractivity contribution < 1.29 is 14.6 Å². The summed E-state index contributed by atoms with van der Waals surface area (Å²) in [6, 6.07) is 1.65. The van der Waals surface area contributed by atoms with Crippen LogP contribution in [0.15, 0.2) is 6.07 Å². The predicted octanol–water partition coefficient (Wildman–Crippen LogP) is 0.405. The van der Waals surface area contributed by atoms with Crippen LogP contribution in [0.1, 0.15) is 19.2 Å². The molecule has 0 aromatic carbocycles. The average Bonchev–Trinajstić information content (AvgIpc) is 2.36. The predicted molar refractivity (Wildman–Crippen MR) is 72.8 cm³/mol. The minimum absolute atomic E-state index is 0.323. The van der Waals surface area contributed by atoms with Crippen LogP contribution in [-0.4, -0.2) is 48.0 Å². The molecular weight excluding hydrogens is 248 g/mol. The number of nitrogens with one attached hydrogen (secondary N) is 1. The number of anilines is 2. The largest absolute Gasteiger partial charge is 0.391 e. The molecule has 1 rings (SSSR count). The summed E-state index contributed by atoms with van der Waals surface area (Å²) in [6.45, 7) is 3.74. The van der Waals surface area contributed by atoms with Gasteiger partial charge in [0.1, 0.15) is 18.2 Å². The summed E-state index contributed by atoms with van der Waals surface area (Å²) in [6.07, 6.45) is 0.0815. The highest BCUT2D eigenvalue weighted by molar-refractivity contribution is 5.44. The molecule has 1 atom stereocenters. The molecule has 0 amide bonds. The molecule has 1 aromatic heterocycles. The summed E-state index contributed by atoms with van der Waals surface area (Å²) < 4.78 is 10.1. The van der Waals surface area contributed by atoms with Gasteiger partial charge in [-0.25, -0.2) is 9.97 Å². The van der Waals surface area contributed by atoms with E-state index in [9.17, 15) is 5.11 Å². The molecule has 0 aliphatic heterocycles. The van der Waals surface area contributed by atoms with Crippen LogP contribution >= 0.6 is 0 Å². The Balaban J connectivity index is 2.46. The topological polar surface area (TPSA) is 103 Å². The Morgan fingerprint density at radius 2 is 2.26 bits per heavy atom. The molecule has 19 heavy (non-hydrogen) atoms. The van der Waals surface area contributed by atoms with Gasteiger partial charge in [-0.15, -0.1) is 0 Å². The molecule has 1 heterocycles. The molecule has 108 valence electrons. The fourth-order valence-electron chi connectivity index (χ4n) is 1.51. The first kappa shape index (κ1) is 15.6. The summed E-state index contributed by atoms with van der Waals surface area (Å²) in [4.78, 5) is 8.35. The van der Waals surface area contributed by atoms with Gasteiger partial charge in [0.15, 0.2) is 5.82 Å². The molecule has 7 nitrogen and oxygen atoms in total. The second-order valence-electron chi connectivity index (χ2n) is 4.06. The number of hydrogen-bond donors (Lipinski definition) is 3. The van der Waals surface area contributed by atoms with Gasteiger partial charge in [0, 0.05) is 26.3 Å². The van der Waals surface area contributed by atoms with E-state index >= 15 is 0 Å². The highest BCUT2D eigenvalue weighted by atomic mass is 16.5. The quantitative estimate of drug-likeness (QED) is 0.597. The molecule has 0 spiro atoms. The Bertz CT molecular complexity index is 376. The second kappa shape index (κ2) is 8.63. The lowest BCUT2D eigenvalue weighted by atomic mass is 10.2. The number of hydrogen-bond acceptors (Lipinski definition) is 7. The Morgan fingerprint density at radius 1 is 1.47 bits per heavy atom. The van der Waals surface area contributed by atoms with Crippen LogP contribution in [0.4, 0.5) is 11.6 Å². The Kier molecular flexibility index (Phi) is 7.09. The van der Waals surface area contributed by atoms with E-state index in [1.54, 1.807) is 13.2 Å². The monoisotopic (exact) mass is 270 g/mol. The third-order valence-electron chi connectivity index (χ3n) is 2.37. The maximum absolute atomic E-state index is 9.51. The number of methoxy groups -OCH3 is 1. The molecule has 1 aromatic rings. The number of aliphatic hydroxyl groups is 1. The van der Waals surface area contributed by atoms with Gasteiger partial charge in [-0.2, -0.15) is 0 Å². The average molecular weight is 270 g/mol. The first-order valence-corrected chi connectivity index (χ1v) is 6.27. The van der Waals surface area contributed by atoms with Crippen molar-refractivity contribution in [2.75, 3.05) is 37.9 Å². The van der Waals surface area contributed by atoms with Crippen LogP contribution in [0, 0.1) is 0 Å². The van der Waals surface area contributed by atoms with E-state index < -0.39 is 6.10 Å². The van der Waals surface area contributed by atoms with Gasteiger partial charge < -0.3 is 25.6 Å². The zero-order chi connectivity index (χ0) is 14.1. The molecule has 0 aliphatic carbocycles. The molecule has 0 aliphatic rings. The number of aromatic nitrogens is 2. The normalized spacial score (nSPS) is 12.4. The van der Waals surface area contributed by atoms with Crippen molar-refractivity contribution in [1.82, 2.24) is 9.97 Å². The van der Waals surface area contributed by atoms with Crippen LogP contribution in [0.25, 0.3) is 0 Å². The van der Waals surface area contributed by atoms with Gasteiger partial charge in [0.2, 0.25) is 0 Å². The summed E-state index contributed by atoms with van der Waals surface area (Å²) >= 11 is 0. The summed E-state index contributed by atoms with van der Waals surface area (Å²) in [5.74, 6) is 1.57. The number of nitrogen functional groups attached to an aromatic ring is 1. The fourth-order valence-corrected chi connectivity index (χ4v) is 1.51. The van der Waals surface area contributed by atoms with Crippen LogP contribution in [0.5, 0.6) is 0 Å². The van der Waals surface area contributed by atoms with Crippen molar-refractivity contribution >= 4 is 11.6 Å². The van der Waals surface area contributed by atoms with Crippen molar-refractivity contribution in [1.29, 1.82) is 0 Å². The van der Waals surface area contributed by atoms with Gasteiger partial charge in [-0.05, 0) is 13.3 Å². The zero-order valence-electron chi connectivity index (χ0n) is 11.4. The molecule has 0 fully saturated rings. The minimum atomic E-state index is -0.487. The molecular formula is C12H22N4O3. The first-order valence-electron chi connectivity index (χ1n) is 6.27. The maximum atomic E-state index is 9.51. The molecule has 0 radical (unpaired) electrons. The smallest absolute Gasteiger partial charge is 0.158 e. The van der Waals surface area contributed by atoms with Crippen LogP contribution in [0.2, 0.25) is 0 Å². The van der Waals surface area contributed by atoms with Gasteiger partial charge >= 0.3 is 0 Å². The molecule has 0 saturated heterocycles. The molecule has 4 N–H and O–H groups in total. The van der Waals surface area contributed by atoms with Crippen LogP contribution in [0.3, 0.4) is 0 Å². The van der Waals surface area contributed by atoms with Gasteiger partial charge in [0.05, 0.1) is 12.7 Å². The van der Waals surface area contributed by atoms with E-state index in [0.29, 0.717) is 50.2 Å². The van der Waals surface area contributed by atoms with Crippen molar-refractivity contribution in [3.8, 4) is 0 Å². The van der Waals surface area contributed by atoms with Crippen molar-refractivity contribution in [2.24, 2.45) is 0 Å². The van der Waals surface area contributed by atoms with Crippen molar-refractivity contribution in [3.05, 3.63) is 11.9 Å². The summed E-state index contributed by atoms with van der Waals surface area (Å²) in [5, 5.41) is 12.6. The van der Waals surface area contributed by atoms with Gasteiger partial charge in [-0.1, -0.05) is 0 Å². The van der Waals surface area contributed by atoms with E-state index in [0.717, 1.165) is 0 Å². The lowest BCUT2D eigenvalue weighted by Crippen LogP contribution is -2.19. The highest BCUT2D eigenvalue weighted by Crippen LogP contribution is 2.09. The van der Waals surface area contributed by atoms with E-state index in [1.165, 1.54) is 0 Å². The minimum Gasteiger partial charge on any atom is -0.391 e.